The molecule has 4 N–H and O–H groups in total. The quantitative estimate of drug-likeness (QED) is 0.232. The van der Waals surface area contributed by atoms with Crippen LogP contribution in [0, 0.1) is 0 Å². The molecule has 1 aromatic heterocycles. The molecule has 0 bridgehead atoms. The molecule has 0 spiro atoms. The number of nitrogens with two attached hydrogens (primary N) is 1. The highest BCUT2D eigenvalue weighted by atomic mass is 32.2. The predicted molar refractivity (Wildman–Crippen MR) is 135 cm³/mol. The number of aliphatic carboxylic acids is 1. The lowest BCUT2D eigenvalue weighted by atomic mass is 10.0. The Hall–Kier alpha value is -3.39. The van der Waals surface area contributed by atoms with E-state index in [0.29, 0.717) is 17.1 Å². The van der Waals surface area contributed by atoms with Crippen LogP contribution >= 0.6 is 23.1 Å². The molecule has 14 heteroatoms. The maximum absolute atomic E-state index is 13.1. The van der Waals surface area contributed by atoms with E-state index in [4.69, 9.17) is 15.2 Å². The van der Waals surface area contributed by atoms with Gasteiger partial charge in [0.2, 0.25) is 0 Å². The molecule has 2 atom stereocenters. The van der Waals surface area contributed by atoms with Crippen LogP contribution in [0.5, 0.6) is 0 Å². The number of thioether (sulfide) groups is 1. The van der Waals surface area contributed by atoms with Gasteiger partial charge in [0.25, 0.3) is 11.8 Å². The minimum Gasteiger partial charge on any atom is -0.477 e. The third-order valence-electron chi connectivity index (χ3n) is 5.12. The average molecular weight is 553 g/mol. The number of primary amides is 1. The number of nitrogens with one attached hydrogen (secondary N) is 1. The van der Waals surface area contributed by atoms with E-state index in [0.717, 1.165) is 4.90 Å². The summed E-state index contributed by atoms with van der Waals surface area (Å²) in [5.41, 5.74) is 4.89. The van der Waals surface area contributed by atoms with Crippen LogP contribution in [0.15, 0.2) is 22.7 Å². The highest BCUT2D eigenvalue weighted by Crippen LogP contribution is 2.40. The molecule has 37 heavy (non-hydrogen) atoms. The van der Waals surface area contributed by atoms with Crippen LogP contribution in [0.25, 0.3) is 5.57 Å². The Balaban J connectivity index is 1.72. The van der Waals surface area contributed by atoms with Crippen LogP contribution in [-0.4, -0.2) is 74.2 Å². The molecular formula is C23H28N4O8S2. The fraction of sp³-hybridized carbons (Fsp3) is 0.478. The molecule has 12 nitrogen and oxygen atoms in total. The summed E-state index contributed by atoms with van der Waals surface area (Å²) in [4.78, 5) is 66.4. The number of carboxylic acid groups (broad SMARTS) is 1. The molecule has 0 aromatic carbocycles. The first-order chi connectivity index (χ1) is 17.3. The normalized spacial score (nSPS) is 19.6. The van der Waals surface area contributed by atoms with Gasteiger partial charge in [-0.25, -0.2) is 14.6 Å². The number of carboxylic acids is 1. The largest absolute Gasteiger partial charge is 0.477 e. The number of ether oxygens (including phenoxy) is 2. The molecule has 1 fully saturated rings. The van der Waals surface area contributed by atoms with Gasteiger partial charge in [0.1, 0.15) is 34.3 Å². The van der Waals surface area contributed by atoms with Crippen molar-refractivity contribution in [1.82, 2.24) is 15.2 Å². The number of hydrogen-bond acceptors (Lipinski definition) is 10. The number of allylic oxidation sites excluding steroid dienone is 1. The second-order valence-corrected chi connectivity index (χ2v) is 11.2. The summed E-state index contributed by atoms with van der Waals surface area (Å²) >= 11 is 2.45. The van der Waals surface area contributed by atoms with E-state index >= 15 is 0 Å². The van der Waals surface area contributed by atoms with E-state index in [2.05, 4.69) is 10.3 Å². The number of fused-ring (bicyclic) bond motifs is 1. The molecule has 2 aliphatic heterocycles. The average Bonchev–Trinajstić information content (AvgIpc) is 3.24. The van der Waals surface area contributed by atoms with E-state index in [-0.39, 0.29) is 35.6 Å². The molecule has 1 aromatic rings. The standard InChI is InChI=1S/C23H28N4O8S2/c1-5-6-12(13-10-36-14(25-13)7-15(28)35-23(2,3)4)18(29)26-16-19(30)27-17(21(31)32)11(8-34-22(24)33)9-37-20(16)27/h6,10,16,20H,5,7-9H2,1-4H3,(H2,24,33)(H,26,29)(H,31,32)/t16-,20-/m1/s1. The van der Waals surface area contributed by atoms with Crippen molar-refractivity contribution >= 4 is 58.5 Å². The van der Waals surface area contributed by atoms with Gasteiger partial charge in [-0.05, 0) is 27.2 Å². The lowest BCUT2D eigenvalue weighted by Crippen LogP contribution is -2.70. The Kier molecular flexibility index (Phi) is 8.64. The van der Waals surface area contributed by atoms with Gasteiger partial charge in [-0.15, -0.1) is 23.1 Å². The lowest BCUT2D eigenvalue weighted by molar-refractivity contribution is -0.154. The third kappa shape index (κ3) is 6.68. The number of rotatable bonds is 9. The van der Waals surface area contributed by atoms with Gasteiger partial charge in [0.15, 0.2) is 0 Å². The van der Waals surface area contributed by atoms with Crippen molar-refractivity contribution in [2.45, 2.75) is 57.6 Å². The first kappa shape index (κ1) is 28.2. The summed E-state index contributed by atoms with van der Waals surface area (Å²) < 4.78 is 10.0. The zero-order valence-corrected chi connectivity index (χ0v) is 22.4. The maximum Gasteiger partial charge on any atom is 0.404 e. The number of hydrogen-bond donors (Lipinski definition) is 3. The van der Waals surface area contributed by atoms with Crippen LogP contribution < -0.4 is 11.1 Å². The van der Waals surface area contributed by atoms with E-state index < -0.39 is 46.9 Å². The Labute approximate surface area is 221 Å². The van der Waals surface area contributed by atoms with Crippen LogP contribution in [0.1, 0.15) is 44.8 Å². The molecule has 0 aliphatic carbocycles. The van der Waals surface area contributed by atoms with Gasteiger partial charge >= 0.3 is 18.0 Å². The fourth-order valence-corrected chi connectivity index (χ4v) is 5.81. The summed E-state index contributed by atoms with van der Waals surface area (Å²) in [6, 6.07) is -0.953. The van der Waals surface area contributed by atoms with Gasteiger partial charge in [-0.2, -0.15) is 0 Å². The Morgan fingerprint density at radius 3 is 2.62 bits per heavy atom. The summed E-state index contributed by atoms with van der Waals surface area (Å²) in [7, 11) is 0. The highest BCUT2D eigenvalue weighted by Gasteiger charge is 2.54. The summed E-state index contributed by atoms with van der Waals surface area (Å²) in [5, 5.41) is 13.8. The van der Waals surface area contributed by atoms with Crippen LogP contribution in [0.2, 0.25) is 0 Å². The van der Waals surface area contributed by atoms with Gasteiger partial charge in [-0.3, -0.25) is 19.3 Å². The van der Waals surface area contributed by atoms with E-state index in [1.54, 1.807) is 32.2 Å². The van der Waals surface area contributed by atoms with Crippen molar-refractivity contribution in [2.24, 2.45) is 5.73 Å². The number of aromatic nitrogens is 1. The van der Waals surface area contributed by atoms with Crippen molar-refractivity contribution in [3.63, 3.8) is 0 Å². The summed E-state index contributed by atoms with van der Waals surface area (Å²) in [5.74, 6) is -2.75. The highest BCUT2D eigenvalue weighted by molar-refractivity contribution is 8.00. The van der Waals surface area contributed by atoms with Gasteiger partial charge in [0.05, 0.1) is 17.7 Å². The number of carbonyl (C=O) groups excluding carboxylic acids is 4. The predicted octanol–water partition coefficient (Wildman–Crippen LogP) is 1.65. The minimum atomic E-state index is -1.35. The lowest BCUT2D eigenvalue weighted by Gasteiger charge is -2.49. The van der Waals surface area contributed by atoms with E-state index in [1.165, 1.54) is 23.1 Å². The maximum atomic E-state index is 13.1. The molecular weight excluding hydrogens is 524 g/mol. The topological polar surface area (TPSA) is 178 Å². The SMILES string of the molecule is CCC=C(C(=O)N[C@@H]1C(=O)N2C(C(=O)O)=C(COC(N)=O)CS[C@H]12)c1csc(CC(=O)OC(C)(C)C)n1. The van der Waals surface area contributed by atoms with Gasteiger partial charge < -0.3 is 25.6 Å². The zero-order chi connectivity index (χ0) is 27.5. The summed E-state index contributed by atoms with van der Waals surface area (Å²) in [6.45, 7) is 6.79. The molecule has 2 aliphatic rings. The monoisotopic (exact) mass is 552 g/mol. The van der Waals surface area contributed by atoms with Crippen molar-refractivity contribution in [2.75, 3.05) is 12.4 Å². The Morgan fingerprint density at radius 1 is 1.32 bits per heavy atom. The molecule has 3 heterocycles. The molecule has 200 valence electrons. The Morgan fingerprint density at radius 2 is 2.03 bits per heavy atom. The van der Waals surface area contributed by atoms with Crippen molar-refractivity contribution in [1.29, 1.82) is 0 Å². The molecule has 1 saturated heterocycles. The number of β-lactam (4-membered cyclic amide) rings is 1. The number of esters is 1. The number of thiazole rings is 1. The van der Waals surface area contributed by atoms with E-state index in [1.807, 2.05) is 6.92 Å². The smallest absolute Gasteiger partial charge is 0.404 e. The van der Waals surface area contributed by atoms with Crippen LogP contribution in [0.3, 0.4) is 0 Å². The third-order valence-corrected chi connectivity index (χ3v) is 7.31. The van der Waals surface area contributed by atoms with E-state index in [9.17, 15) is 29.1 Å². The van der Waals surface area contributed by atoms with Gasteiger partial charge in [-0.1, -0.05) is 13.0 Å². The van der Waals surface area contributed by atoms with Crippen molar-refractivity contribution in [3.05, 3.63) is 33.4 Å². The molecule has 3 rings (SSSR count). The molecule has 0 radical (unpaired) electrons. The number of amides is 3. The first-order valence-electron chi connectivity index (χ1n) is 11.3. The second-order valence-electron chi connectivity index (χ2n) is 9.14. The van der Waals surface area contributed by atoms with Crippen LogP contribution in [0.4, 0.5) is 4.79 Å². The Bertz CT molecular complexity index is 1180. The number of carbonyl (C=O) groups is 5. The van der Waals surface area contributed by atoms with Crippen LogP contribution in [-0.2, 0) is 35.1 Å². The van der Waals surface area contributed by atoms with Crippen molar-refractivity contribution < 1.29 is 38.6 Å². The fourth-order valence-electron chi connectivity index (χ4n) is 3.71. The first-order valence-corrected chi connectivity index (χ1v) is 13.2. The molecule has 0 saturated carbocycles. The van der Waals surface area contributed by atoms with Gasteiger partial charge in [0, 0.05) is 16.7 Å². The van der Waals surface area contributed by atoms with Crippen molar-refractivity contribution in [3.8, 4) is 0 Å². The second kappa shape index (κ2) is 11.3. The minimum absolute atomic E-state index is 0.0379. The number of nitrogens with zero attached hydrogens (tertiary/aromatic N) is 2. The zero-order valence-electron chi connectivity index (χ0n) is 20.7. The molecule has 3 amide bonds. The molecule has 0 unspecified atom stereocenters. The summed E-state index contributed by atoms with van der Waals surface area (Å²) in [6.07, 6.45) is 1.08.